The summed E-state index contributed by atoms with van der Waals surface area (Å²) in [5.41, 5.74) is 3.23. The number of aryl methyl sites for hydroxylation is 2. The Morgan fingerprint density at radius 3 is 2.77 bits per heavy atom. The van der Waals surface area contributed by atoms with Gasteiger partial charge in [-0.2, -0.15) is 0 Å². The summed E-state index contributed by atoms with van der Waals surface area (Å²) in [6.45, 7) is 5.99. The molecule has 5 nitrogen and oxygen atoms in total. The van der Waals surface area contributed by atoms with Crippen molar-refractivity contribution in [1.82, 2.24) is 9.88 Å². The van der Waals surface area contributed by atoms with E-state index < -0.39 is 11.7 Å². The molecule has 2 aliphatic rings. The standard InChI is InChI=1S/C21H26N2O3/c1-14-12-15(2)22-18-13-16(5-6-17(14)18)20(25)23-9-7-21(8-10-23)19(24)4-3-11-26-21/h5-6,12-13,19,24H,3-4,7-11H2,1-2H3/t19-/m0/s1. The van der Waals surface area contributed by atoms with Gasteiger partial charge in [-0.3, -0.25) is 9.78 Å². The highest BCUT2D eigenvalue weighted by molar-refractivity contribution is 5.98. The molecule has 1 atom stereocenters. The normalized spacial score (nSPS) is 22.7. The van der Waals surface area contributed by atoms with E-state index in [0.29, 0.717) is 38.1 Å². The fourth-order valence-electron chi connectivity index (χ4n) is 4.36. The van der Waals surface area contributed by atoms with Crippen LogP contribution in [0.15, 0.2) is 24.3 Å². The minimum Gasteiger partial charge on any atom is -0.390 e. The van der Waals surface area contributed by atoms with Crippen LogP contribution < -0.4 is 0 Å². The third-order valence-electron chi connectivity index (χ3n) is 5.91. The molecular weight excluding hydrogens is 328 g/mol. The second-order valence-corrected chi connectivity index (χ2v) is 7.68. The van der Waals surface area contributed by atoms with E-state index in [9.17, 15) is 9.90 Å². The highest BCUT2D eigenvalue weighted by atomic mass is 16.5. The topological polar surface area (TPSA) is 62.7 Å². The van der Waals surface area contributed by atoms with E-state index in [1.807, 2.05) is 30.0 Å². The van der Waals surface area contributed by atoms with Gasteiger partial charge in [-0.15, -0.1) is 0 Å². The van der Waals surface area contributed by atoms with Crippen LogP contribution in [0.5, 0.6) is 0 Å². The van der Waals surface area contributed by atoms with E-state index in [-0.39, 0.29) is 5.91 Å². The predicted octanol–water partition coefficient (Wildman–Crippen LogP) is 3.00. The molecule has 1 aromatic carbocycles. The quantitative estimate of drug-likeness (QED) is 0.855. The van der Waals surface area contributed by atoms with E-state index in [4.69, 9.17) is 4.74 Å². The van der Waals surface area contributed by atoms with Gasteiger partial charge in [-0.05, 0) is 63.3 Å². The van der Waals surface area contributed by atoms with Crippen LogP contribution in [0.1, 0.15) is 47.3 Å². The lowest BCUT2D eigenvalue weighted by Crippen LogP contribution is -2.56. The van der Waals surface area contributed by atoms with Crippen molar-refractivity contribution in [1.29, 1.82) is 0 Å². The third kappa shape index (κ3) is 2.99. The number of carbonyl (C=O) groups is 1. The van der Waals surface area contributed by atoms with E-state index in [1.54, 1.807) is 0 Å². The van der Waals surface area contributed by atoms with E-state index in [1.165, 1.54) is 5.56 Å². The number of aliphatic hydroxyl groups excluding tert-OH is 1. The van der Waals surface area contributed by atoms with Crippen molar-refractivity contribution < 1.29 is 14.6 Å². The van der Waals surface area contributed by atoms with Gasteiger partial charge in [0.25, 0.3) is 5.91 Å². The van der Waals surface area contributed by atoms with Crippen LogP contribution in [-0.4, -0.2) is 52.3 Å². The second-order valence-electron chi connectivity index (χ2n) is 7.68. The number of nitrogens with zero attached hydrogens (tertiary/aromatic N) is 2. The van der Waals surface area contributed by atoms with E-state index >= 15 is 0 Å². The molecule has 0 radical (unpaired) electrons. The number of benzene rings is 1. The number of aliphatic hydroxyl groups is 1. The Morgan fingerprint density at radius 2 is 2.04 bits per heavy atom. The number of fused-ring (bicyclic) bond motifs is 1. The summed E-state index contributed by atoms with van der Waals surface area (Å²) < 4.78 is 5.94. The molecule has 2 fully saturated rings. The van der Waals surface area contributed by atoms with Gasteiger partial charge in [0.05, 0.1) is 17.2 Å². The summed E-state index contributed by atoms with van der Waals surface area (Å²) in [4.78, 5) is 19.4. The van der Waals surface area contributed by atoms with Crippen molar-refractivity contribution in [2.45, 2.75) is 51.2 Å². The van der Waals surface area contributed by atoms with Crippen molar-refractivity contribution in [3.8, 4) is 0 Å². The third-order valence-corrected chi connectivity index (χ3v) is 5.91. The van der Waals surface area contributed by atoms with Crippen LogP contribution in [0.25, 0.3) is 10.9 Å². The Kier molecular flexibility index (Phi) is 4.45. The molecule has 26 heavy (non-hydrogen) atoms. The maximum Gasteiger partial charge on any atom is 0.253 e. The molecule has 4 rings (SSSR count). The SMILES string of the molecule is Cc1cc(C)c2ccc(C(=O)N3CCC4(CC3)OCCC[C@@H]4O)cc2n1. The fourth-order valence-corrected chi connectivity index (χ4v) is 4.36. The summed E-state index contributed by atoms with van der Waals surface area (Å²) in [6, 6.07) is 7.84. The van der Waals surface area contributed by atoms with Crippen LogP contribution in [0.3, 0.4) is 0 Å². The van der Waals surface area contributed by atoms with Crippen molar-refractivity contribution >= 4 is 16.8 Å². The highest BCUT2D eigenvalue weighted by Gasteiger charge is 2.44. The first-order valence-electron chi connectivity index (χ1n) is 9.48. The summed E-state index contributed by atoms with van der Waals surface area (Å²) in [5.74, 6) is 0.0352. The molecule has 2 aromatic rings. The molecular formula is C21H26N2O3. The molecule has 0 saturated carbocycles. The van der Waals surface area contributed by atoms with Crippen LogP contribution in [0.4, 0.5) is 0 Å². The lowest BCUT2D eigenvalue weighted by atomic mass is 9.82. The van der Waals surface area contributed by atoms with Gasteiger partial charge in [0.2, 0.25) is 0 Å². The zero-order valence-electron chi connectivity index (χ0n) is 15.5. The van der Waals surface area contributed by atoms with Crippen LogP contribution >= 0.6 is 0 Å². The van der Waals surface area contributed by atoms with Crippen LogP contribution in [0, 0.1) is 13.8 Å². The number of hydrogen-bond acceptors (Lipinski definition) is 4. The van der Waals surface area contributed by atoms with Crippen molar-refractivity contribution in [2.24, 2.45) is 0 Å². The number of aromatic nitrogens is 1. The van der Waals surface area contributed by atoms with Crippen LogP contribution in [0.2, 0.25) is 0 Å². The van der Waals surface area contributed by atoms with Gasteiger partial charge >= 0.3 is 0 Å². The molecule has 138 valence electrons. The van der Waals surface area contributed by atoms with Crippen molar-refractivity contribution in [3.05, 3.63) is 41.1 Å². The summed E-state index contributed by atoms with van der Waals surface area (Å²) in [5, 5.41) is 11.4. The zero-order valence-corrected chi connectivity index (χ0v) is 15.5. The molecule has 2 saturated heterocycles. The Labute approximate surface area is 154 Å². The summed E-state index contributed by atoms with van der Waals surface area (Å²) >= 11 is 0. The van der Waals surface area contributed by atoms with Gasteiger partial charge in [-0.25, -0.2) is 0 Å². The lowest BCUT2D eigenvalue weighted by molar-refractivity contribution is -0.174. The zero-order chi connectivity index (χ0) is 18.3. The number of likely N-dealkylation sites (tertiary alicyclic amines) is 1. The molecule has 5 heteroatoms. The Hall–Kier alpha value is -1.98. The Morgan fingerprint density at radius 1 is 1.27 bits per heavy atom. The maximum absolute atomic E-state index is 13.0. The number of rotatable bonds is 1. The molecule has 0 aliphatic carbocycles. The van der Waals surface area contributed by atoms with Gasteiger partial charge < -0.3 is 14.7 Å². The number of piperidine rings is 1. The van der Waals surface area contributed by atoms with Crippen molar-refractivity contribution in [3.63, 3.8) is 0 Å². The number of ether oxygens (including phenoxy) is 1. The number of carbonyl (C=O) groups excluding carboxylic acids is 1. The first kappa shape index (κ1) is 17.4. The average Bonchev–Trinajstić information content (AvgIpc) is 2.64. The van der Waals surface area contributed by atoms with Crippen LogP contribution in [-0.2, 0) is 4.74 Å². The number of hydrogen-bond donors (Lipinski definition) is 1. The minimum absolute atomic E-state index is 0.0352. The molecule has 1 aromatic heterocycles. The lowest BCUT2D eigenvalue weighted by Gasteiger charge is -2.46. The van der Waals surface area contributed by atoms with Gasteiger partial charge in [0.1, 0.15) is 0 Å². The van der Waals surface area contributed by atoms with E-state index in [2.05, 4.69) is 18.0 Å². The number of amides is 1. The van der Waals surface area contributed by atoms with Gasteiger partial charge in [-0.1, -0.05) is 6.07 Å². The molecule has 1 amide bonds. The average molecular weight is 354 g/mol. The Balaban J connectivity index is 1.52. The fraction of sp³-hybridized carbons (Fsp3) is 0.524. The largest absolute Gasteiger partial charge is 0.390 e. The molecule has 3 heterocycles. The smallest absolute Gasteiger partial charge is 0.253 e. The second kappa shape index (κ2) is 6.63. The highest BCUT2D eigenvalue weighted by Crippen LogP contribution is 2.35. The van der Waals surface area contributed by atoms with Crippen molar-refractivity contribution in [2.75, 3.05) is 19.7 Å². The minimum atomic E-state index is -0.450. The summed E-state index contributed by atoms with van der Waals surface area (Å²) in [7, 11) is 0. The Bertz CT molecular complexity index is 841. The molecule has 0 bridgehead atoms. The number of pyridine rings is 1. The molecule has 1 N–H and O–H groups in total. The monoisotopic (exact) mass is 354 g/mol. The maximum atomic E-state index is 13.0. The van der Waals surface area contributed by atoms with Gasteiger partial charge in [0.15, 0.2) is 0 Å². The molecule has 1 spiro atoms. The van der Waals surface area contributed by atoms with Gasteiger partial charge in [0, 0.05) is 36.3 Å². The van der Waals surface area contributed by atoms with E-state index in [0.717, 1.165) is 29.4 Å². The molecule has 2 aliphatic heterocycles. The summed E-state index contributed by atoms with van der Waals surface area (Å²) in [6.07, 6.45) is 2.69. The predicted molar refractivity (Wildman–Crippen MR) is 100 cm³/mol. The molecule has 0 unspecified atom stereocenters. The first-order valence-corrected chi connectivity index (χ1v) is 9.48. The first-order chi connectivity index (χ1) is 12.5.